The molecule has 0 aromatic heterocycles. The summed E-state index contributed by atoms with van der Waals surface area (Å²) >= 11 is 0. The number of carbonyl (C=O) groups excluding carboxylic acids is 1. The normalized spacial score (nSPS) is 26.6. The third-order valence-corrected chi connectivity index (χ3v) is 4.19. The maximum Gasteiger partial charge on any atom is 0.326 e. The minimum atomic E-state index is -0.958. The van der Waals surface area contributed by atoms with Crippen LogP contribution in [0.2, 0.25) is 0 Å². The van der Waals surface area contributed by atoms with Gasteiger partial charge in [-0.15, -0.1) is 0 Å². The highest BCUT2D eigenvalue weighted by Gasteiger charge is 2.33. The number of carboxylic acid groups (broad SMARTS) is 1. The molecule has 1 aliphatic heterocycles. The van der Waals surface area contributed by atoms with Crippen LogP contribution in [0.5, 0.6) is 0 Å². The lowest BCUT2D eigenvalue weighted by Crippen LogP contribution is -2.56. The van der Waals surface area contributed by atoms with E-state index in [1.54, 1.807) is 4.90 Å². The number of piperidine rings is 1. The number of nitrogens with one attached hydrogen (secondary N) is 1. The molecule has 5 heteroatoms. The molecule has 0 saturated carbocycles. The van der Waals surface area contributed by atoms with E-state index in [4.69, 9.17) is 0 Å². The molecule has 4 atom stereocenters. The Kier molecular flexibility index (Phi) is 5.63. The molecule has 0 aromatic rings. The fourth-order valence-corrected chi connectivity index (χ4v) is 2.71. The van der Waals surface area contributed by atoms with Gasteiger partial charge in [0.25, 0.3) is 0 Å². The smallest absolute Gasteiger partial charge is 0.326 e. The largest absolute Gasteiger partial charge is 0.480 e. The van der Waals surface area contributed by atoms with Crippen molar-refractivity contribution in [3.05, 3.63) is 0 Å². The van der Waals surface area contributed by atoms with E-state index in [1.807, 2.05) is 27.7 Å². The fourth-order valence-electron chi connectivity index (χ4n) is 2.71. The summed E-state index contributed by atoms with van der Waals surface area (Å²) in [5.74, 6) is -1.03. The van der Waals surface area contributed by atoms with E-state index in [2.05, 4.69) is 5.32 Å². The molecule has 2 N–H and O–H groups in total. The Morgan fingerprint density at radius 2 is 1.84 bits per heavy atom. The van der Waals surface area contributed by atoms with Crippen LogP contribution in [0.4, 0.5) is 4.79 Å². The molecule has 0 radical (unpaired) electrons. The van der Waals surface area contributed by atoms with Gasteiger partial charge in [0.15, 0.2) is 0 Å². The number of carboxylic acids is 1. The predicted molar refractivity (Wildman–Crippen MR) is 74.0 cm³/mol. The number of amides is 2. The van der Waals surface area contributed by atoms with Crippen molar-refractivity contribution in [2.45, 2.75) is 71.5 Å². The number of aliphatic carboxylic acids is 1. The molecule has 110 valence electrons. The van der Waals surface area contributed by atoms with Crippen LogP contribution in [-0.4, -0.2) is 40.1 Å². The van der Waals surface area contributed by atoms with Crippen LogP contribution in [0.15, 0.2) is 0 Å². The number of hydrogen-bond donors (Lipinski definition) is 2. The van der Waals surface area contributed by atoms with E-state index >= 15 is 0 Å². The second-order valence-electron chi connectivity index (χ2n) is 5.69. The summed E-state index contributed by atoms with van der Waals surface area (Å²) in [7, 11) is 0. The molecule has 1 heterocycles. The highest BCUT2D eigenvalue weighted by atomic mass is 16.4. The first kappa shape index (κ1) is 15.8. The van der Waals surface area contributed by atoms with E-state index in [0.29, 0.717) is 0 Å². The highest BCUT2D eigenvalue weighted by Crippen LogP contribution is 2.22. The van der Waals surface area contributed by atoms with Gasteiger partial charge in [-0.25, -0.2) is 9.59 Å². The fraction of sp³-hybridized carbons (Fsp3) is 0.857. The van der Waals surface area contributed by atoms with Gasteiger partial charge in [0, 0.05) is 12.1 Å². The molecule has 1 fully saturated rings. The minimum absolute atomic E-state index is 0.0724. The zero-order valence-electron chi connectivity index (χ0n) is 12.3. The van der Waals surface area contributed by atoms with Gasteiger partial charge in [0.2, 0.25) is 0 Å². The molecule has 19 heavy (non-hydrogen) atoms. The van der Waals surface area contributed by atoms with Crippen molar-refractivity contribution in [2.75, 3.05) is 0 Å². The SMILES string of the molecule is CCC(C)[C@H](NC(=O)N1C(C)CCCC1C)C(=O)O. The van der Waals surface area contributed by atoms with Gasteiger partial charge in [0.1, 0.15) is 6.04 Å². The zero-order chi connectivity index (χ0) is 14.6. The Labute approximate surface area is 115 Å². The molecule has 1 saturated heterocycles. The van der Waals surface area contributed by atoms with Gasteiger partial charge < -0.3 is 15.3 Å². The first-order valence-corrected chi connectivity index (χ1v) is 7.20. The molecular formula is C14H26N2O3. The molecule has 5 nitrogen and oxygen atoms in total. The quantitative estimate of drug-likeness (QED) is 0.824. The Morgan fingerprint density at radius 3 is 2.26 bits per heavy atom. The third-order valence-electron chi connectivity index (χ3n) is 4.19. The predicted octanol–water partition coefficient (Wildman–Crippen LogP) is 2.46. The summed E-state index contributed by atoms with van der Waals surface area (Å²) in [5, 5.41) is 11.9. The van der Waals surface area contributed by atoms with Crippen molar-refractivity contribution in [1.29, 1.82) is 0 Å². The Morgan fingerprint density at radius 1 is 1.32 bits per heavy atom. The number of nitrogens with zero attached hydrogens (tertiary/aromatic N) is 1. The van der Waals surface area contributed by atoms with E-state index in [0.717, 1.165) is 25.7 Å². The van der Waals surface area contributed by atoms with Crippen molar-refractivity contribution in [2.24, 2.45) is 5.92 Å². The van der Waals surface area contributed by atoms with Crippen molar-refractivity contribution in [3.63, 3.8) is 0 Å². The zero-order valence-corrected chi connectivity index (χ0v) is 12.3. The lowest BCUT2D eigenvalue weighted by molar-refractivity contribution is -0.140. The summed E-state index contributed by atoms with van der Waals surface area (Å²) in [5.41, 5.74) is 0. The second kappa shape index (κ2) is 6.78. The number of rotatable bonds is 4. The van der Waals surface area contributed by atoms with Gasteiger partial charge in [-0.05, 0) is 39.0 Å². The molecule has 0 aromatic carbocycles. The Hall–Kier alpha value is -1.26. The van der Waals surface area contributed by atoms with Gasteiger partial charge in [-0.2, -0.15) is 0 Å². The molecule has 0 bridgehead atoms. The van der Waals surface area contributed by atoms with Crippen LogP contribution >= 0.6 is 0 Å². The van der Waals surface area contributed by atoms with Gasteiger partial charge in [0.05, 0.1) is 0 Å². The molecule has 1 aliphatic rings. The average Bonchev–Trinajstić information content (AvgIpc) is 2.34. The summed E-state index contributed by atoms with van der Waals surface area (Å²) < 4.78 is 0. The molecule has 2 amide bonds. The van der Waals surface area contributed by atoms with Crippen molar-refractivity contribution >= 4 is 12.0 Å². The van der Waals surface area contributed by atoms with Crippen LogP contribution in [0.25, 0.3) is 0 Å². The van der Waals surface area contributed by atoms with Crippen LogP contribution in [-0.2, 0) is 4.79 Å². The summed E-state index contributed by atoms with van der Waals surface area (Å²) in [4.78, 5) is 25.3. The van der Waals surface area contributed by atoms with Crippen molar-refractivity contribution < 1.29 is 14.7 Å². The van der Waals surface area contributed by atoms with E-state index < -0.39 is 12.0 Å². The number of likely N-dealkylation sites (tertiary alicyclic amines) is 1. The van der Waals surface area contributed by atoms with Gasteiger partial charge in [-0.3, -0.25) is 0 Å². The van der Waals surface area contributed by atoms with Crippen LogP contribution in [0.1, 0.15) is 53.4 Å². The molecule has 3 unspecified atom stereocenters. The molecule has 1 rings (SSSR count). The van der Waals surface area contributed by atoms with Crippen LogP contribution < -0.4 is 5.32 Å². The van der Waals surface area contributed by atoms with E-state index in [1.165, 1.54) is 0 Å². The summed E-state index contributed by atoms with van der Waals surface area (Å²) in [6, 6.07) is -0.698. The van der Waals surface area contributed by atoms with E-state index in [9.17, 15) is 14.7 Å². The Balaban J connectivity index is 2.73. The number of hydrogen-bond acceptors (Lipinski definition) is 2. The topological polar surface area (TPSA) is 69.6 Å². The van der Waals surface area contributed by atoms with Gasteiger partial charge in [-0.1, -0.05) is 20.3 Å². The van der Waals surface area contributed by atoms with Crippen molar-refractivity contribution in [1.82, 2.24) is 10.2 Å². The standard InChI is InChI=1S/C14H26N2O3/c1-5-9(2)12(13(17)18)15-14(19)16-10(3)7-6-8-11(16)4/h9-12H,5-8H2,1-4H3,(H,15,19)(H,17,18)/t9?,10?,11?,12-/m0/s1. The minimum Gasteiger partial charge on any atom is -0.480 e. The number of urea groups is 1. The van der Waals surface area contributed by atoms with Crippen molar-refractivity contribution in [3.8, 4) is 0 Å². The summed E-state index contributed by atoms with van der Waals surface area (Å²) in [6.07, 6.45) is 3.82. The molecule has 0 spiro atoms. The maximum absolute atomic E-state index is 12.3. The van der Waals surface area contributed by atoms with Gasteiger partial charge >= 0.3 is 12.0 Å². The maximum atomic E-state index is 12.3. The van der Waals surface area contributed by atoms with Crippen LogP contribution in [0, 0.1) is 5.92 Å². The summed E-state index contributed by atoms with van der Waals surface area (Å²) in [6.45, 7) is 7.82. The first-order valence-electron chi connectivity index (χ1n) is 7.20. The average molecular weight is 270 g/mol. The van der Waals surface area contributed by atoms with Crippen LogP contribution in [0.3, 0.4) is 0 Å². The second-order valence-corrected chi connectivity index (χ2v) is 5.69. The number of carbonyl (C=O) groups is 2. The molecule has 0 aliphatic carbocycles. The monoisotopic (exact) mass is 270 g/mol. The first-order chi connectivity index (χ1) is 8.88. The third kappa shape index (κ3) is 3.85. The lowest BCUT2D eigenvalue weighted by atomic mass is 9.97. The highest BCUT2D eigenvalue weighted by molar-refractivity contribution is 5.83. The molecular weight excluding hydrogens is 244 g/mol. The Bertz CT molecular complexity index is 323. The van der Waals surface area contributed by atoms with E-state index in [-0.39, 0.29) is 24.0 Å². The lowest BCUT2D eigenvalue weighted by Gasteiger charge is -2.39.